The maximum Gasteiger partial charge on any atom is 0.244 e. The average Bonchev–Trinajstić information content (AvgIpc) is 2.53. The van der Waals surface area contributed by atoms with E-state index in [1.165, 1.54) is 4.90 Å². The molecule has 0 spiro atoms. The zero-order valence-electron chi connectivity index (χ0n) is 13.3. The number of rotatable bonds is 5. The number of pyridine rings is 1. The lowest BCUT2D eigenvalue weighted by atomic mass is 10.2. The number of para-hydroxylation sites is 1. The summed E-state index contributed by atoms with van der Waals surface area (Å²) in [5.74, 6) is -0.552. The number of anilines is 1. The Labute approximate surface area is 150 Å². The van der Waals surface area contributed by atoms with Gasteiger partial charge in [-0.15, -0.1) is 0 Å². The van der Waals surface area contributed by atoms with E-state index >= 15 is 0 Å². The Morgan fingerprint density at radius 3 is 2.42 bits per heavy atom. The van der Waals surface area contributed by atoms with Gasteiger partial charge in [0.2, 0.25) is 11.8 Å². The third-order valence-electron chi connectivity index (χ3n) is 3.36. The Hall–Kier alpha value is -2.11. The highest BCUT2D eigenvalue weighted by molar-refractivity contribution is 6.39. The zero-order chi connectivity index (χ0) is 17.7. The summed E-state index contributed by atoms with van der Waals surface area (Å²) >= 11 is 12.0. The summed E-state index contributed by atoms with van der Waals surface area (Å²) in [6, 6.07) is 8.63. The lowest BCUT2D eigenvalue weighted by molar-refractivity contribution is -0.132. The molecule has 5 nitrogen and oxygen atoms in total. The predicted molar refractivity (Wildman–Crippen MR) is 95.4 cm³/mol. The Balaban J connectivity index is 1.93. The molecule has 2 aromatic rings. The number of aromatic nitrogens is 1. The molecule has 0 unspecified atom stereocenters. The number of nitrogens with one attached hydrogen (secondary N) is 1. The van der Waals surface area contributed by atoms with Crippen molar-refractivity contribution in [3.63, 3.8) is 0 Å². The smallest absolute Gasteiger partial charge is 0.244 e. The van der Waals surface area contributed by atoms with Crippen molar-refractivity contribution in [1.29, 1.82) is 0 Å². The molecule has 0 aliphatic heterocycles. The van der Waals surface area contributed by atoms with Gasteiger partial charge in [-0.3, -0.25) is 14.6 Å². The molecule has 0 saturated carbocycles. The first kappa shape index (κ1) is 18.2. The molecule has 1 aromatic carbocycles. The summed E-state index contributed by atoms with van der Waals surface area (Å²) in [5, 5.41) is 3.31. The molecule has 1 N–H and O–H groups in total. The molecule has 2 rings (SSSR count). The van der Waals surface area contributed by atoms with Gasteiger partial charge in [0.05, 0.1) is 28.7 Å². The number of halogens is 2. The number of hydrogen-bond acceptors (Lipinski definition) is 3. The minimum atomic E-state index is -0.372. The third kappa shape index (κ3) is 4.94. The van der Waals surface area contributed by atoms with Crippen molar-refractivity contribution < 1.29 is 9.59 Å². The van der Waals surface area contributed by atoms with Crippen LogP contribution in [-0.2, 0) is 16.0 Å². The quantitative estimate of drug-likeness (QED) is 0.883. The largest absolute Gasteiger partial charge is 0.336 e. The summed E-state index contributed by atoms with van der Waals surface area (Å²) < 4.78 is 0. The van der Waals surface area contributed by atoms with Crippen LogP contribution in [0.5, 0.6) is 0 Å². The average molecular weight is 366 g/mol. The Bertz CT molecular complexity index is 728. The second-order valence-electron chi connectivity index (χ2n) is 5.38. The first-order valence-corrected chi connectivity index (χ1v) is 8.02. The molecule has 0 aliphatic carbocycles. The van der Waals surface area contributed by atoms with Gasteiger partial charge in [0, 0.05) is 18.9 Å². The molecule has 0 radical (unpaired) electrons. The zero-order valence-corrected chi connectivity index (χ0v) is 14.9. The van der Waals surface area contributed by atoms with Crippen LogP contribution in [0.3, 0.4) is 0 Å². The van der Waals surface area contributed by atoms with Crippen LogP contribution in [0.25, 0.3) is 0 Å². The number of likely N-dealkylation sites (N-methyl/N-ethyl adjacent to an activating group) is 1. The van der Waals surface area contributed by atoms with Crippen molar-refractivity contribution in [1.82, 2.24) is 9.88 Å². The van der Waals surface area contributed by atoms with Gasteiger partial charge < -0.3 is 10.2 Å². The Kier molecular flexibility index (Phi) is 6.17. The van der Waals surface area contributed by atoms with E-state index in [1.807, 2.05) is 19.1 Å². The molecule has 0 aliphatic rings. The van der Waals surface area contributed by atoms with E-state index in [0.717, 1.165) is 11.3 Å². The van der Waals surface area contributed by atoms with Gasteiger partial charge in [-0.25, -0.2) is 0 Å². The number of hydrogen-bond donors (Lipinski definition) is 1. The molecule has 1 heterocycles. The fraction of sp³-hybridized carbons (Fsp3) is 0.235. The van der Waals surface area contributed by atoms with Gasteiger partial charge >= 0.3 is 0 Å². The molecule has 24 heavy (non-hydrogen) atoms. The number of carbonyl (C=O) groups is 2. The molecular weight excluding hydrogens is 349 g/mol. The van der Waals surface area contributed by atoms with Crippen molar-refractivity contribution >= 4 is 40.7 Å². The van der Waals surface area contributed by atoms with Crippen LogP contribution < -0.4 is 5.32 Å². The van der Waals surface area contributed by atoms with E-state index in [1.54, 1.807) is 31.4 Å². The summed E-state index contributed by atoms with van der Waals surface area (Å²) in [4.78, 5) is 29.8. The molecule has 0 bridgehead atoms. The molecule has 2 amide bonds. The van der Waals surface area contributed by atoms with E-state index in [2.05, 4.69) is 10.3 Å². The van der Waals surface area contributed by atoms with Gasteiger partial charge in [0.1, 0.15) is 0 Å². The standard InChI is InChI=1S/C17H17Cl2N3O2/c1-11-6-7-12(9-20-11)8-16(24)22(2)10-15(23)21-17-13(18)4-3-5-14(17)19/h3-7,9H,8,10H2,1-2H3,(H,21,23). The third-order valence-corrected chi connectivity index (χ3v) is 3.99. The first-order chi connectivity index (χ1) is 11.4. The van der Waals surface area contributed by atoms with Crippen molar-refractivity contribution in [2.45, 2.75) is 13.3 Å². The summed E-state index contributed by atoms with van der Waals surface area (Å²) in [7, 11) is 1.57. The van der Waals surface area contributed by atoms with Gasteiger partial charge in [-0.2, -0.15) is 0 Å². The number of nitrogens with zero attached hydrogens (tertiary/aromatic N) is 2. The SMILES string of the molecule is Cc1ccc(CC(=O)N(C)CC(=O)Nc2c(Cl)cccc2Cl)cn1. The maximum atomic E-state index is 12.2. The van der Waals surface area contributed by atoms with E-state index in [0.29, 0.717) is 15.7 Å². The van der Waals surface area contributed by atoms with E-state index < -0.39 is 0 Å². The molecule has 7 heteroatoms. The van der Waals surface area contributed by atoms with Crippen LogP contribution in [0, 0.1) is 6.92 Å². The van der Waals surface area contributed by atoms with Gasteiger partial charge in [-0.1, -0.05) is 35.3 Å². The minimum absolute atomic E-state index is 0.0975. The maximum absolute atomic E-state index is 12.2. The Morgan fingerprint density at radius 2 is 1.83 bits per heavy atom. The van der Waals surface area contributed by atoms with Crippen LogP contribution in [0.2, 0.25) is 10.0 Å². The van der Waals surface area contributed by atoms with Crippen molar-refractivity contribution in [3.05, 3.63) is 57.8 Å². The minimum Gasteiger partial charge on any atom is -0.336 e. The highest BCUT2D eigenvalue weighted by Crippen LogP contribution is 2.29. The second kappa shape index (κ2) is 8.13. The van der Waals surface area contributed by atoms with Crippen LogP contribution in [0.4, 0.5) is 5.69 Å². The van der Waals surface area contributed by atoms with Crippen molar-refractivity contribution in [2.24, 2.45) is 0 Å². The molecule has 126 valence electrons. The molecular formula is C17H17Cl2N3O2. The normalized spacial score (nSPS) is 10.3. The molecule has 0 fully saturated rings. The molecule has 0 atom stereocenters. The van der Waals surface area contributed by atoms with E-state index in [-0.39, 0.29) is 24.8 Å². The highest BCUT2D eigenvalue weighted by Gasteiger charge is 2.15. The summed E-state index contributed by atoms with van der Waals surface area (Å²) in [5.41, 5.74) is 2.02. The van der Waals surface area contributed by atoms with Crippen LogP contribution >= 0.6 is 23.2 Å². The van der Waals surface area contributed by atoms with E-state index in [9.17, 15) is 9.59 Å². The van der Waals surface area contributed by atoms with Crippen LogP contribution in [-0.4, -0.2) is 35.3 Å². The van der Waals surface area contributed by atoms with Gasteiger partial charge in [0.25, 0.3) is 0 Å². The van der Waals surface area contributed by atoms with Crippen LogP contribution in [0.1, 0.15) is 11.3 Å². The molecule has 1 aromatic heterocycles. The lowest BCUT2D eigenvalue weighted by Crippen LogP contribution is -2.35. The number of carbonyl (C=O) groups excluding carboxylic acids is 2. The molecule has 0 saturated heterocycles. The highest BCUT2D eigenvalue weighted by atomic mass is 35.5. The predicted octanol–water partition coefficient (Wildman–Crippen LogP) is 3.34. The number of amides is 2. The van der Waals surface area contributed by atoms with Crippen molar-refractivity contribution in [3.8, 4) is 0 Å². The Morgan fingerprint density at radius 1 is 1.17 bits per heavy atom. The fourth-order valence-corrected chi connectivity index (χ4v) is 2.50. The first-order valence-electron chi connectivity index (χ1n) is 7.26. The van der Waals surface area contributed by atoms with Gasteiger partial charge in [0.15, 0.2) is 0 Å². The summed E-state index contributed by atoms with van der Waals surface area (Å²) in [6.07, 6.45) is 1.84. The van der Waals surface area contributed by atoms with Gasteiger partial charge in [-0.05, 0) is 30.7 Å². The summed E-state index contributed by atoms with van der Waals surface area (Å²) in [6.45, 7) is 1.78. The monoisotopic (exact) mass is 365 g/mol. The second-order valence-corrected chi connectivity index (χ2v) is 6.19. The number of benzene rings is 1. The van der Waals surface area contributed by atoms with Crippen molar-refractivity contribution in [2.75, 3.05) is 18.9 Å². The topological polar surface area (TPSA) is 62.3 Å². The lowest BCUT2D eigenvalue weighted by Gasteiger charge is -2.17. The number of aryl methyl sites for hydroxylation is 1. The van der Waals surface area contributed by atoms with E-state index in [4.69, 9.17) is 23.2 Å². The van der Waals surface area contributed by atoms with Crippen LogP contribution in [0.15, 0.2) is 36.5 Å². The fourth-order valence-electron chi connectivity index (χ4n) is 2.01.